The number of benzene rings is 2. The topological polar surface area (TPSA) is 63.1 Å². The Morgan fingerprint density at radius 2 is 1.54 bits per heavy atom. The number of nitrogens with zero attached hydrogens (tertiary/aromatic N) is 1. The highest BCUT2D eigenvalue weighted by Gasteiger charge is 2.37. The molecule has 2 N–H and O–H groups in total. The molecule has 5 heteroatoms. The molecule has 28 heavy (non-hydrogen) atoms. The molecule has 3 unspecified atom stereocenters. The molecule has 144 valence electrons. The van der Waals surface area contributed by atoms with Crippen LogP contribution in [0.1, 0.15) is 29.5 Å². The zero-order chi connectivity index (χ0) is 19.5. The predicted octanol–water partition coefficient (Wildman–Crippen LogP) is 4.42. The Balaban J connectivity index is 1.73. The number of nitrogens with one attached hydrogen (secondary N) is 1. The number of hydrogen-bond acceptors (Lipinski definition) is 5. The number of fused-ring (bicyclic) bond motifs is 1. The molecule has 0 aromatic heterocycles. The number of allylic oxidation sites excluding steroid dienone is 4. The van der Waals surface area contributed by atoms with E-state index in [1.807, 2.05) is 42.5 Å². The van der Waals surface area contributed by atoms with Crippen molar-refractivity contribution < 1.29 is 14.7 Å². The summed E-state index contributed by atoms with van der Waals surface area (Å²) in [6.45, 7) is 0. The molecule has 0 saturated heterocycles. The van der Waals surface area contributed by atoms with Gasteiger partial charge in [0.05, 0.1) is 20.3 Å². The summed E-state index contributed by atoms with van der Waals surface area (Å²) in [5.74, 6) is 1.85. The van der Waals surface area contributed by atoms with Crippen molar-refractivity contribution in [3.63, 3.8) is 0 Å². The minimum absolute atomic E-state index is 0.00195. The average molecular weight is 376 g/mol. The van der Waals surface area contributed by atoms with Gasteiger partial charge in [0.15, 0.2) is 0 Å². The van der Waals surface area contributed by atoms with Gasteiger partial charge < -0.3 is 9.47 Å². The van der Waals surface area contributed by atoms with E-state index in [2.05, 4.69) is 29.7 Å². The van der Waals surface area contributed by atoms with Crippen molar-refractivity contribution in [2.24, 2.45) is 10.9 Å². The lowest BCUT2D eigenvalue weighted by Gasteiger charge is -2.37. The molecular formula is C23H24N2O3. The van der Waals surface area contributed by atoms with Gasteiger partial charge >= 0.3 is 0 Å². The summed E-state index contributed by atoms with van der Waals surface area (Å²) in [5, 5.41) is 9.68. The highest BCUT2D eigenvalue weighted by atomic mass is 16.5. The zero-order valence-corrected chi connectivity index (χ0v) is 16.0. The first-order valence-electron chi connectivity index (χ1n) is 9.37. The summed E-state index contributed by atoms with van der Waals surface area (Å²) >= 11 is 0. The number of hydrogen-bond donors (Lipinski definition) is 2. The van der Waals surface area contributed by atoms with Gasteiger partial charge in [0, 0.05) is 23.2 Å². The van der Waals surface area contributed by atoms with Crippen LogP contribution in [0.4, 0.5) is 0 Å². The van der Waals surface area contributed by atoms with E-state index < -0.39 is 0 Å². The van der Waals surface area contributed by atoms with Gasteiger partial charge in [-0.3, -0.25) is 15.7 Å². The van der Waals surface area contributed by atoms with Crippen molar-refractivity contribution in [2.75, 3.05) is 14.2 Å². The second kappa shape index (κ2) is 7.90. The van der Waals surface area contributed by atoms with E-state index in [1.54, 1.807) is 14.2 Å². The number of hydroxylamine groups is 1. The maximum Gasteiger partial charge on any atom is 0.118 e. The standard InChI is InChI=1S/C23H24N2O3/c1-27-17-10-6-15(7-11-17)19-14-22(16-8-12-18(28-2)13-9-16)24-20-4-3-5-21(25-26)23(19)20/h3-13,19,22-23,25-26H,14H2,1-2H3. The smallest absolute Gasteiger partial charge is 0.118 e. The molecule has 1 aliphatic carbocycles. The van der Waals surface area contributed by atoms with Gasteiger partial charge in [-0.05, 0) is 54.0 Å². The van der Waals surface area contributed by atoms with Crippen molar-refractivity contribution in [1.29, 1.82) is 0 Å². The maximum atomic E-state index is 9.68. The van der Waals surface area contributed by atoms with Crippen LogP contribution < -0.4 is 15.0 Å². The van der Waals surface area contributed by atoms with E-state index >= 15 is 0 Å². The Morgan fingerprint density at radius 3 is 2.11 bits per heavy atom. The van der Waals surface area contributed by atoms with E-state index in [4.69, 9.17) is 14.5 Å². The largest absolute Gasteiger partial charge is 0.497 e. The number of rotatable bonds is 5. The quantitative estimate of drug-likeness (QED) is 0.758. The molecule has 0 radical (unpaired) electrons. The Bertz CT molecular complexity index is 914. The highest BCUT2D eigenvalue weighted by Crippen LogP contribution is 2.45. The molecule has 1 aliphatic heterocycles. The fourth-order valence-corrected chi connectivity index (χ4v) is 4.10. The lowest BCUT2D eigenvalue weighted by molar-refractivity contribution is 0.186. The molecule has 4 rings (SSSR count). The lowest BCUT2D eigenvalue weighted by atomic mass is 9.73. The van der Waals surface area contributed by atoms with Crippen LogP contribution in [0, 0.1) is 5.92 Å². The monoisotopic (exact) mass is 376 g/mol. The Morgan fingerprint density at radius 1 is 0.929 bits per heavy atom. The molecule has 0 bridgehead atoms. The Labute approximate surface area is 165 Å². The molecule has 2 aromatic rings. The van der Waals surface area contributed by atoms with E-state index in [1.165, 1.54) is 5.56 Å². The Hall–Kier alpha value is -3.05. The maximum absolute atomic E-state index is 9.68. The van der Waals surface area contributed by atoms with Crippen LogP contribution in [-0.4, -0.2) is 25.1 Å². The minimum atomic E-state index is -0.00195. The van der Waals surface area contributed by atoms with Crippen LogP contribution in [0.2, 0.25) is 0 Å². The number of methoxy groups -OCH3 is 2. The second-order valence-corrected chi connectivity index (χ2v) is 7.03. The summed E-state index contributed by atoms with van der Waals surface area (Å²) in [7, 11) is 3.34. The first kappa shape index (κ1) is 18.3. The average Bonchev–Trinajstić information content (AvgIpc) is 2.78. The van der Waals surface area contributed by atoms with Crippen LogP contribution in [0.3, 0.4) is 0 Å². The van der Waals surface area contributed by atoms with Gasteiger partial charge in [0.25, 0.3) is 0 Å². The molecule has 0 amide bonds. The van der Waals surface area contributed by atoms with Gasteiger partial charge in [-0.25, -0.2) is 0 Å². The molecule has 2 aliphatic rings. The van der Waals surface area contributed by atoms with Crippen LogP contribution in [0.25, 0.3) is 0 Å². The van der Waals surface area contributed by atoms with E-state index in [0.29, 0.717) is 0 Å². The van der Waals surface area contributed by atoms with Crippen LogP contribution in [-0.2, 0) is 0 Å². The molecule has 2 aromatic carbocycles. The van der Waals surface area contributed by atoms with E-state index in [-0.39, 0.29) is 17.9 Å². The number of ether oxygens (including phenoxy) is 2. The fraction of sp³-hybridized carbons (Fsp3) is 0.261. The molecule has 3 atom stereocenters. The first-order valence-corrected chi connectivity index (χ1v) is 9.37. The Kier molecular flexibility index (Phi) is 5.17. The lowest BCUT2D eigenvalue weighted by Crippen LogP contribution is -2.34. The summed E-state index contributed by atoms with van der Waals surface area (Å²) < 4.78 is 10.6. The second-order valence-electron chi connectivity index (χ2n) is 7.03. The summed E-state index contributed by atoms with van der Waals surface area (Å²) in [4.78, 5) is 5.01. The van der Waals surface area contributed by atoms with Gasteiger partial charge in [-0.15, -0.1) is 0 Å². The zero-order valence-electron chi connectivity index (χ0n) is 16.0. The SMILES string of the molecule is COc1ccc(C2CC(c3ccc(OC)cc3)C3C(NO)=CC=CC3=N2)cc1. The third-order valence-electron chi connectivity index (χ3n) is 5.55. The summed E-state index contributed by atoms with van der Waals surface area (Å²) in [6, 6.07) is 16.3. The van der Waals surface area contributed by atoms with Crippen molar-refractivity contribution >= 4 is 5.71 Å². The summed E-state index contributed by atoms with van der Waals surface area (Å²) in [6.07, 6.45) is 6.72. The van der Waals surface area contributed by atoms with Gasteiger partial charge in [0.1, 0.15) is 11.5 Å². The third kappa shape index (κ3) is 3.41. The molecule has 0 saturated carbocycles. The van der Waals surface area contributed by atoms with Gasteiger partial charge in [-0.1, -0.05) is 30.3 Å². The minimum Gasteiger partial charge on any atom is -0.497 e. The highest BCUT2D eigenvalue weighted by molar-refractivity contribution is 6.01. The van der Waals surface area contributed by atoms with Crippen LogP contribution >= 0.6 is 0 Å². The molecular weight excluding hydrogens is 352 g/mol. The van der Waals surface area contributed by atoms with Crippen LogP contribution in [0.15, 0.2) is 77.4 Å². The number of aliphatic imine (C=N–C) groups is 1. The van der Waals surface area contributed by atoms with Crippen molar-refractivity contribution in [3.05, 3.63) is 83.6 Å². The van der Waals surface area contributed by atoms with Crippen LogP contribution in [0.5, 0.6) is 11.5 Å². The third-order valence-corrected chi connectivity index (χ3v) is 5.55. The predicted molar refractivity (Wildman–Crippen MR) is 109 cm³/mol. The molecule has 0 fully saturated rings. The first-order chi connectivity index (χ1) is 13.7. The van der Waals surface area contributed by atoms with Crippen molar-refractivity contribution in [1.82, 2.24) is 5.48 Å². The van der Waals surface area contributed by atoms with E-state index in [0.717, 1.165) is 34.9 Å². The molecule has 0 spiro atoms. The van der Waals surface area contributed by atoms with Gasteiger partial charge in [0.2, 0.25) is 0 Å². The fourth-order valence-electron chi connectivity index (χ4n) is 4.10. The normalized spacial score (nSPS) is 23.3. The molecule has 1 heterocycles. The van der Waals surface area contributed by atoms with Gasteiger partial charge in [-0.2, -0.15) is 0 Å². The summed E-state index contributed by atoms with van der Waals surface area (Å²) in [5.41, 5.74) is 6.50. The molecule has 5 nitrogen and oxygen atoms in total. The van der Waals surface area contributed by atoms with Crippen molar-refractivity contribution in [3.8, 4) is 11.5 Å². The van der Waals surface area contributed by atoms with E-state index in [9.17, 15) is 5.21 Å². The van der Waals surface area contributed by atoms with Crippen molar-refractivity contribution in [2.45, 2.75) is 18.4 Å².